The van der Waals surface area contributed by atoms with Crippen LogP contribution in [0, 0.1) is 6.92 Å². The molecular weight excluding hydrogens is 322 g/mol. The molecule has 0 radical (unpaired) electrons. The Morgan fingerprint density at radius 2 is 2.21 bits per heavy atom. The average Bonchev–Trinajstić information content (AvgIpc) is 3.07. The number of nitrogens with zero attached hydrogens (tertiary/aromatic N) is 1. The highest BCUT2D eigenvalue weighted by atomic mass is 32.1. The van der Waals surface area contributed by atoms with E-state index in [1.165, 1.54) is 4.88 Å². The van der Waals surface area contributed by atoms with Crippen LogP contribution in [0.5, 0.6) is 0 Å². The van der Waals surface area contributed by atoms with Gasteiger partial charge in [0.15, 0.2) is 0 Å². The smallest absolute Gasteiger partial charge is 0.315 e. The molecule has 0 unspecified atom stereocenters. The second-order valence-electron chi connectivity index (χ2n) is 6.06. The van der Waals surface area contributed by atoms with Crippen LogP contribution in [-0.2, 0) is 19.3 Å². The molecule has 0 spiro atoms. The third kappa shape index (κ3) is 3.60. The minimum Gasteiger partial charge on any atom is -0.390 e. The van der Waals surface area contributed by atoms with E-state index in [1.54, 1.807) is 11.3 Å². The highest BCUT2D eigenvalue weighted by Gasteiger charge is 2.31. The lowest BCUT2D eigenvalue weighted by molar-refractivity contribution is 0.142. The van der Waals surface area contributed by atoms with Crippen molar-refractivity contribution in [2.24, 2.45) is 0 Å². The molecule has 0 bridgehead atoms. The van der Waals surface area contributed by atoms with Crippen LogP contribution in [0.4, 0.5) is 4.79 Å². The number of fused-ring (bicyclic) bond motifs is 1. The predicted octanol–water partition coefficient (Wildman–Crippen LogP) is 2.51. The molecule has 0 saturated carbocycles. The Morgan fingerprint density at radius 3 is 2.96 bits per heavy atom. The number of carbonyl (C=O) groups is 1. The highest BCUT2D eigenvalue weighted by molar-refractivity contribution is 7.11. The first kappa shape index (κ1) is 16.9. The number of nitrogens with one attached hydrogen (secondary N) is 2. The summed E-state index contributed by atoms with van der Waals surface area (Å²) in [5.74, 6) is 0. The Morgan fingerprint density at radius 1 is 1.42 bits per heavy atom. The van der Waals surface area contributed by atoms with Crippen molar-refractivity contribution in [2.45, 2.75) is 45.3 Å². The summed E-state index contributed by atoms with van der Waals surface area (Å²) in [5.41, 5.74) is 3.24. The number of carbonyl (C=O) groups excluding carboxylic acids is 1. The summed E-state index contributed by atoms with van der Waals surface area (Å²) in [7, 11) is 0. The number of aliphatic hydroxyl groups is 1. The van der Waals surface area contributed by atoms with Crippen molar-refractivity contribution in [1.29, 1.82) is 0 Å². The normalized spacial score (nSPS) is 19.1. The molecule has 1 aliphatic carbocycles. The van der Waals surface area contributed by atoms with Gasteiger partial charge >= 0.3 is 6.03 Å². The second kappa shape index (κ2) is 7.32. The minimum absolute atomic E-state index is 0.250. The lowest BCUT2D eigenvalue weighted by Gasteiger charge is -2.18. The molecule has 5 nitrogen and oxygen atoms in total. The molecular formula is C18H23N3O2S. The van der Waals surface area contributed by atoms with Crippen molar-refractivity contribution in [2.75, 3.05) is 6.54 Å². The third-order valence-electron chi connectivity index (χ3n) is 4.39. The van der Waals surface area contributed by atoms with Crippen molar-refractivity contribution in [3.63, 3.8) is 0 Å². The van der Waals surface area contributed by atoms with Gasteiger partial charge in [-0.05, 0) is 24.5 Å². The molecule has 1 aromatic heterocycles. The molecule has 2 aromatic rings. The van der Waals surface area contributed by atoms with Crippen molar-refractivity contribution < 1.29 is 9.90 Å². The van der Waals surface area contributed by atoms with Gasteiger partial charge in [-0.2, -0.15) is 0 Å². The molecule has 3 N–H and O–H groups in total. The van der Waals surface area contributed by atoms with Crippen LogP contribution in [0.2, 0.25) is 0 Å². The van der Waals surface area contributed by atoms with Crippen LogP contribution in [0.15, 0.2) is 24.3 Å². The largest absolute Gasteiger partial charge is 0.390 e. The van der Waals surface area contributed by atoms with E-state index in [0.29, 0.717) is 13.0 Å². The van der Waals surface area contributed by atoms with Gasteiger partial charge in [0.2, 0.25) is 0 Å². The van der Waals surface area contributed by atoms with Gasteiger partial charge in [-0.1, -0.05) is 31.2 Å². The molecule has 1 aromatic carbocycles. The van der Waals surface area contributed by atoms with Gasteiger partial charge < -0.3 is 15.7 Å². The second-order valence-corrected chi connectivity index (χ2v) is 7.35. The van der Waals surface area contributed by atoms with Gasteiger partial charge in [-0.25, -0.2) is 9.78 Å². The summed E-state index contributed by atoms with van der Waals surface area (Å²) in [6.45, 7) is 4.72. The monoisotopic (exact) mass is 345 g/mol. The summed E-state index contributed by atoms with van der Waals surface area (Å²) in [4.78, 5) is 18.0. The van der Waals surface area contributed by atoms with Crippen LogP contribution in [0.3, 0.4) is 0 Å². The molecule has 0 fully saturated rings. The van der Waals surface area contributed by atoms with Gasteiger partial charge in [-0.3, -0.25) is 0 Å². The van der Waals surface area contributed by atoms with E-state index < -0.39 is 6.10 Å². The molecule has 0 aliphatic heterocycles. The van der Waals surface area contributed by atoms with Gasteiger partial charge in [-0.15, -0.1) is 11.3 Å². The standard InChI is InChI=1S/C18H23N3O2S/c1-3-14-11(2)24-16(20-14)8-9-19-18(23)21-17-13-7-5-4-6-12(13)10-15(17)22/h4-7,15,17,22H,3,8-10H2,1-2H3,(H2,19,21,23)/t15-,17+/m0/s1. The van der Waals surface area contributed by atoms with Crippen molar-refractivity contribution >= 4 is 17.4 Å². The Bertz CT molecular complexity index is 729. The van der Waals surface area contributed by atoms with Crippen molar-refractivity contribution in [3.8, 4) is 0 Å². The fourth-order valence-electron chi connectivity index (χ4n) is 3.15. The summed E-state index contributed by atoms with van der Waals surface area (Å²) < 4.78 is 0. The first-order valence-corrected chi connectivity index (χ1v) is 9.15. The summed E-state index contributed by atoms with van der Waals surface area (Å²) in [5, 5.41) is 17.0. The molecule has 2 atom stereocenters. The number of aromatic nitrogens is 1. The van der Waals surface area contributed by atoms with Crippen molar-refractivity contribution in [1.82, 2.24) is 15.6 Å². The summed E-state index contributed by atoms with van der Waals surface area (Å²) in [6, 6.07) is 7.25. The zero-order chi connectivity index (χ0) is 17.1. The number of hydrogen-bond acceptors (Lipinski definition) is 4. The number of aryl methyl sites for hydroxylation is 2. The van der Waals surface area contributed by atoms with E-state index >= 15 is 0 Å². The van der Waals surface area contributed by atoms with Crippen LogP contribution in [-0.4, -0.2) is 28.8 Å². The lowest BCUT2D eigenvalue weighted by atomic mass is 10.1. The van der Waals surface area contributed by atoms with E-state index in [9.17, 15) is 9.90 Å². The lowest BCUT2D eigenvalue weighted by Crippen LogP contribution is -2.41. The van der Waals surface area contributed by atoms with Gasteiger partial charge in [0, 0.05) is 24.3 Å². The van der Waals surface area contributed by atoms with Gasteiger partial charge in [0.05, 0.1) is 22.8 Å². The van der Waals surface area contributed by atoms with Crippen LogP contribution in [0.1, 0.15) is 39.7 Å². The fourth-order valence-corrected chi connectivity index (χ4v) is 4.17. The van der Waals surface area contributed by atoms with E-state index in [4.69, 9.17) is 0 Å². The van der Waals surface area contributed by atoms with E-state index in [1.807, 2.05) is 24.3 Å². The SMILES string of the molecule is CCc1nc(CCNC(=O)N[C@@H]2c3ccccc3C[C@@H]2O)sc1C. The summed E-state index contributed by atoms with van der Waals surface area (Å²) in [6.07, 6.45) is 1.68. The highest BCUT2D eigenvalue weighted by Crippen LogP contribution is 2.31. The number of benzene rings is 1. The topological polar surface area (TPSA) is 74.2 Å². The molecule has 6 heteroatoms. The summed E-state index contributed by atoms with van der Waals surface area (Å²) >= 11 is 1.69. The maximum Gasteiger partial charge on any atom is 0.315 e. The molecule has 24 heavy (non-hydrogen) atoms. The number of aliphatic hydroxyl groups excluding tert-OH is 1. The molecule has 1 aliphatic rings. The Balaban J connectivity index is 1.51. The Kier molecular flexibility index (Phi) is 5.16. The maximum atomic E-state index is 12.1. The average molecular weight is 345 g/mol. The van der Waals surface area contributed by atoms with E-state index in [2.05, 4.69) is 29.5 Å². The number of thiazole rings is 1. The number of urea groups is 1. The molecule has 0 saturated heterocycles. The van der Waals surface area contributed by atoms with Crippen LogP contribution in [0.25, 0.3) is 0 Å². The number of rotatable bonds is 5. The third-order valence-corrected chi connectivity index (χ3v) is 5.46. The molecule has 128 valence electrons. The maximum absolute atomic E-state index is 12.1. The van der Waals surface area contributed by atoms with E-state index in [-0.39, 0.29) is 12.1 Å². The Hall–Kier alpha value is -1.92. The van der Waals surface area contributed by atoms with Gasteiger partial charge in [0.1, 0.15) is 0 Å². The Labute approximate surface area is 146 Å². The zero-order valence-corrected chi connectivity index (χ0v) is 14.8. The molecule has 2 amide bonds. The minimum atomic E-state index is -0.568. The first-order chi connectivity index (χ1) is 11.6. The van der Waals surface area contributed by atoms with E-state index in [0.717, 1.165) is 34.7 Å². The van der Waals surface area contributed by atoms with Crippen molar-refractivity contribution in [3.05, 3.63) is 51.0 Å². The quantitative estimate of drug-likeness (QED) is 0.779. The fraction of sp³-hybridized carbons (Fsp3) is 0.444. The van der Waals surface area contributed by atoms with Crippen LogP contribution < -0.4 is 10.6 Å². The van der Waals surface area contributed by atoms with Gasteiger partial charge in [0.25, 0.3) is 0 Å². The molecule has 3 rings (SSSR count). The predicted molar refractivity (Wildman–Crippen MR) is 95.4 cm³/mol. The van der Waals surface area contributed by atoms with Crippen LogP contribution >= 0.6 is 11.3 Å². The zero-order valence-electron chi connectivity index (χ0n) is 14.0. The molecule has 1 heterocycles. The number of hydrogen-bond donors (Lipinski definition) is 3. The first-order valence-electron chi connectivity index (χ1n) is 8.34. The number of amides is 2.